The summed E-state index contributed by atoms with van der Waals surface area (Å²) in [6.07, 6.45) is -0.192. The fourth-order valence-corrected chi connectivity index (χ4v) is 1.96. The highest BCUT2D eigenvalue weighted by Gasteiger charge is 2.26. The Morgan fingerprint density at radius 3 is 2.81 bits per heavy atom. The molecule has 110 valence electrons. The molecule has 1 aromatic heterocycles. The predicted molar refractivity (Wildman–Crippen MR) is 68.9 cm³/mol. The molecule has 2 heterocycles. The van der Waals surface area contributed by atoms with Gasteiger partial charge in [-0.2, -0.15) is 4.68 Å². The number of hydrogen-bond donors (Lipinski definition) is 1. The maximum atomic E-state index is 11.5. The van der Waals surface area contributed by atoms with Crippen molar-refractivity contribution < 1.29 is 14.4 Å². The average molecular weight is 314 g/mol. The molecule has 0 bridgehead atoms. The number of H-pyrrole nitrogens is 1. The van der Waals surface area contributed by atoms with Crippen LogP contribution in [0.15, 0.2) is 16.9 Å². The lowest BCUT2D eigenvalue weighted by molar-refractivity contribution is -0.384. The van der Waals surface area contributed by atoms with Crippen LogP contribution in [-0.4, -0.2) is 44.4 Å². The van der Waals surface area contributed by atoms with Gasteiger partial charge in [0.25, 0.3) is 5.69 Å². The SMILES string of the molecule is O=c1[nH]nnn1-c1cc(Cl)c(OC2COC2)cc1[N+](=O)[O-]. The number of rotatable bonds is 4. The highest BCUT2D eigenvalue weighted by Crippen LogP contribution is 2.35. The van der Waals surface area contributed by atoms with E-state index in [1.165, 1.54) is 6.07 Å². The van der Waals surface area contributed by atoms with E-state index in [4.69, 9.17) is 21.1 Å². The monoisotopic (exact) mass is 313 g/mol. The maximum Gasteiger partial charge on any atom is 0.366 e. The average Bonchev–Trinajstić information content (AvgIpc) is 2.80. The number of nitrogens with zero attached hydrogens (tertiary/aromatic N) is 4. The first-order chi connectivity index (χ1) is 10.1. The zero-order valence-corrected chi connectivity index (χ0v) is 11.1. The van der Waals surface area contributed by atoms with Crippen molar-refractivity contribution in [2.45, 2.75) is 6.10 Å². The standard InChI is InChI=1S/C10H8ClN5O5/c11-6-1-7(15-10(17)12-13-14-15)8(16(18)19)2-9(6)21-5-3-20-4-5/h1-2,5H,3-4H2,(H,12,14,17). The first-order valence-electron chi connectivity index (χ1n) is 5.79. The van der Waals surface area contributed by atoms with E-state index in [2.05, 4.69) is 15.5 Å². The Bertz CT molecular complexity index is 753. The molecule has 1 aromatic carbocycles. The summed E-state index contributed by atoms with van der Waals surface area (Å²) in [4.78, 5) is 22.0. The Morgan fingerprint density at radius 1 is 1.52 bits per heavy atom. The molecule has 1 N–H and O–H groups in total. The molecule has 2 aromatic rings. The van der Waals surface area contributed by atoms with Crippen molar-refractivity contribution >= 4 is 17.3 Å². The molecule has 3 rings (SSSR count). The van der Waals surface area contributed by atoms with Crippen molar-refractivity contribution in [3.8, 4) is 11.4 Å². The lowest BCUT2D eigenvalue weighted by Gasteiger charge is -2.27. The second-order valence-corrected chi connectivity index (χ2v) is 4.63. The minimum absolute atomic E-state index is 0.0963. The van der Waals surface area contributed by atoms with Crippen LogP contribution in [0.4, 0.5) is 5.69 Å². The third kappa shape index (κ3) is 2.45. The van der Waals surface area contributed by atoms with Crippen LogP contribution in [0.5, 0.6) is 5.75 Å². The smallest absolute Gasteiger partial charge is 0.366 e. The number of nitro groups is 1. The van der Waals surface area contributed by atoms with Crippen molar-refractivity contribution in [1.29, 1.82) is 0 Å². The Morgan fingerprint density at radius 2 is 2.29 bits per heavy atom. The van der Waals surface area contributed by atoms with Gasteiger partial charge in [-0.25, -0.2) is 9.89 Å². The first-order valence-corrected chi connectivity index (χ1v) is 6.17. The number of aromatic amines is 1. The molecule has 0 amide bonds. The fraction of sp³-hybridized carbons (Fsp3) is 0.300. The molecule has 1 aliphatic rings. The quantitative estimate of drug-likeness (QED) is 0.635. The van der Waals surface area contributed by atoms with Crippen LogP contribution in [-0.2, 0) is 4.74 Å². The van der Waals surface area contributed by atoms with E-state index in [0.29, 0.717) is 13.2 Å². The Balaban J connectivity index is 2.08. The van der Waals surface area contributed by atoms with Gasteiger partial charge in [-0.05, 0) is 16.5 Å². The normalized spacial score (nSPS) is 14.7. The molecule has 0 spiro atoms. The predicted octanol–water partition coefficient (Wildman–Crippen LogP) is 0.295. The summed E-state index contributed by atoms with van der Waals surface area (Å²) in [6, 6.07) is 2.38. The van der Waals surface area contributed by atoms with Gasteiger partial charge >= 0.3 is 5.69 Å². The van der Waals surface area contributed by atoms with Gasteiger partial charge in [0.1, 0.15) is 11.9 Å². The van der Waals surface area contributed by atoms with Gasteiger partial charge in [-0.1, -0.05) is 11.6 Å². The van der Waals surface area contributed by atoms with E-state index in [-0.39, 0.29) is 28.3 Å². The van der Waals surface area contributed by atoms with Crippen molar-refractivity contribution in [3.05, 3.63) is 37.8 Å². The third-order valence-electron chi connectivity index (χ3n) is 2.83. The van der Waals surface area contributed by atoms with Crippen LogP contribution in [0.1, 0.15) is 0 Å². The largest absolute Gasteiger partial charge is 0.484 e. The van der Waals surface area contributed by atoms with Crippen molar-refractivity contribution in [3.63, 3.8) is 0 Å². The summed E-state index contributed by atoms with van der Waals surface area (Å²) < 4.78 is 11.2. The van der Waals surface area contributed by atoms with E-state index in [0.717, 1.165) is 10.7 Å². The molecule has 11 heteroatoms. The molecule has 0 saturated carbocycles. The van der Waals surface area contributed by atoms with E-state index < -0.39 is 10.6 Å². The number of aromatic nitrogens is 4. The first kappa shape index (κ1) is 13.5. The number of halogens is 1. The van der Waals surface area contributed by atoms with Gasteiger partial charge in [-0.3, -0.25) is 10.1 Å². The third-order valence-corrected chi connectivity index (χ3v) is 3.12. The summed E-state index contributed by atoms with van der Waals surface area (Å²) in [6.45, 7) is 0.795. The van der Waals surface area contributed by atoms with Gasteiger partial charge in [0, 0.05) is 0 Å². The summed E-state index contributed by atoms with van der Waals surface area (Å²) in [5, 5.41) is 20.1. The van der Waals surface area contributed by atoms with Gasteiger partial charge in [-0.15, -0.1) is 0 Å². The summed E-state index contributed by atoms with van der Waals surface area (Å²) >= 11 is 6.04. The number of nitrogens with one attached hydrogen (secondary N) is 1. The van der Waals surface area contributed by atoms with E-state index in [9.17, 15) is 14.9 Å². The van der Waals surface area contributed by atoms with Crippen LogP contribution >= 0.6 is 11.6 Å². The number of ether oxygens (including phenoxy) is 2. The molecule has 10 nitrogen and oxygen atoms in total. The lowest BCUT2D eigenvalue weighted by Crippen LogP contribution is -2.38. The number of nitro benzene ring substituents is 1. The molecule has 1 aliphatic heterocycles. The van der Waals surface area contributed by atoms with Crippen LogP contribution < -0.4 is 10.4 Å². The van der Waals surface area contributed by atoms with Gasteiger partial charge in [0.05, 0.1) is 29.2 Å². The lowest BCUT2D eigenvalue weighted by atomic mass is 10.2. The number of tetrazole rings is 1. The summed E-state index contributed by atoms with van der Waals surface area (Å²) in [5.74, 6) is 0.150. The molecular weight excluding hydrogens is 306 g/mol. The van der Waals surface area contributed by atoms with E-state index in [1.54, 1.807) is 0 Å². The summed E-state index contributed by atoms with van der Waals surface area (Å²) in [5.41, 5.74) is -1.18. The molecule has 0 radical (unpaired) electrons. The maximum absolute atomic E-state index is 11.5. The van der Waals surface area contributed by atoms with Gasteiger partial charge in [0.15, 0.2) is 5.69 Å². The van der Waals surface area contributed by atoms with E-state index >= 15 is 0 Å². The Hall–Kier alpha value is -2.46. The van der Waals surface area contributed by atoms with Crippen LogP contribution in [0.2, 0.25) is 5.02 Å². The highest BCUT2D eigenvalue weighted by molar-refractivity contribution is 6.32. The topological polar surface area (TPSA) is 125 Å². The van der Waals surface area contributed by atoms with Crippen LogP contribution in [0.25, 0.3) is 5.69 Å². The van der Waals surface area contributed by atoms with Crippen LogP contribution in [0, 0.1) is 10.1 Å². The minimum Gasteiger partial charge on any atom is -0.484 e. The Labute approximate surface area is 121 Å². The number of hydrogen-bond acceptors (Lipinski definition) is 7. The second kappa shape index (κ2) is 5.14. The molecule has 0 aliphatic carbocycles. The highest BCUT2D eigenvalue weighted by atomic mass is 35.5. The Kier molecular flexibility index (Phi) is 3.31. The van der Waals surface area contributed by atoms with Gasteiger partial charge < -0.3 is 9.47 Å². The van der Waals surface area contributed by atoms with Crippen molar-refractivity contribution in [1.82, 2.24) is 20.2 Å². The molecule has 1 fully saturated rings. The molecule has 21 heavy (non-hydrogen) atoms. The van der Waals surface area contributed by atoms with Crippen LogP contribution in [0.3, 0.4) is 0 Å². The van der Waals surface area contributed by atoms with Crippen molar-refractivity contribution in [2.24, 2.45) is 0 Å². The molecule has 1 saturated heterocycles. The summed E-state index contributed by atoms with van der Waals surface area (Å²) in [7, 11) is 0. The van der Waals surface area contributed by atoms with E-state index in [1.807, 2.05) is 0 Å². The number of benzene rings is 1. The fourth-order valence-electron chi connectivity index (χ4n) is 1.76. The zero-order chi connectivity index (χ0) is 15.0. The van der Waals surface area contributed by atoms with Gasteiger partial charge in [0.2, 0.25) is 0 Å². The van der Waals surface area contributed by atoms with Crippen molar-refractivity contribution in [2.75, 3.05) is 13.2 Å². The molecule has 0 unspecified atom stereocenters. The molecular formula is C10H8ClN5O5. The molecule has 0 atom stereocenters. The minimum atomic E-state index is -0.713. The second-order valence-electron chi connectivity index (χ2n) is 4.22. The zero-order valence-electron chi connectivity index (χ0n) is 10.4.